The quantitative estimate of drug-likeness (QED) is 0.512. The van der Waals surface area contributed by atoms with Gasteiger partial charge in [0.2, 0.25) is 0 Å². The minimum absolute atomic E-state index is 0.173. The minimum atomic E-state index is 0.173. The fourth-order valence-corrected chi connectivity index (χ4v) is 0.905. The molecule has 0 aromatic carbocycles. The second-order valence-corrected chi connectivity index (χ2v) is 3.42. The Labute approximate surface area is 81.5 Å². The number of allylic oxidation sites excluding steroid dienone is 1. The molecule has 1 aliphatic heterocycles. The zero-order valence-corrected chi connectivity index (χ0v) is 9.12. The fourth-order valence-electron chi connectivity index (χ4n) is 0.905. The van der Waals surface area contributed by atoms with Crippen LogP contribution in [0.4, 0.5) is 0 Å². The summed E-state index contributed by atoms with van der Waals surface area (Å²) in [4.78, 5) is 8.13. The highest BCUT2D eigenvalue weighted by Gasteiger charge is 2.11. The Morgan fingerprint density at radius 2 is 1.85 bits per heavy atom. The van der Waals surface area contributed by atoms with E-state index < -0.39 is 0 Å². The number of rotatable bonds is 0. The van der Waals surface area contributed by atoms with Gasteiger partial charge in [-0.15, -0.1) is 0 Å². The van der Waals surface area contributed by atoms with Crippen molar-refractivity contribution < 1.29 is 0 Å². The topological polar surface area (TPSA) is 24.7 Å². The smallest absolute Gasteiger partial charge is 0.109 e. The van der Waals surface area contributed by atoms with Gasteiger partial charge in [0, 0.05) is 11.6 Å². The molecule has 1 rings (SSSR count). The van der Waals surface area contributed by atoms with Gasteiger partial charge in [0.1, 0.15) is 6.34 Å². The molecule has 0 saturated carbocycles. The third kappa shape index (κ3) is 6.26. The third-order valence-corrected chi connectivity index (χ3v) is 1.59. The van der Waals surface area contributed by atoms with Crippen molar-refractivity contribution in [3.63, 3.8) is 0 Å². The van der Waals surface area contributed by atoms with Gasteiger partial charge in [-0.2, -0.15) is 0 Å². The minimum Gasteiger partial charge on any atom is -0.269 e. The SMILES string of the molecule is CC.CC1(C)C=NC=NCC=CC1. The molecule has 13 heavy (non-hydrogen) atoms. The van der Waals surface area contributed by atoms with Crippen LogP contribution in [-0.4, -0.2) is 19.1 Å². The summed E-state index contributed by atoms with van der Waals surface area (Å²) >= 11 is 0. The molecule has 1 aliphatic rings. The second kappa shape index (κ2) is 6.58. The van der Waals surface area contributed by atoms with Gasteiger partial charge < -0.3 is 0 Å². The second-order valence-electron chi connectivity index (χ2n) is 3.42. The highest BCUT2D eigenvalue weighted by Crippen LogP contribution is 2.17. The first kappa shape index (κ1) is 12.1. The maximum Gasteiger partial charge on any atom is 0.109 e. The standard InChI is InChI=1S/C9H14N2.C2H6/c1-9(2)5-3-4-6-10-8-11-7-9;1-2/h3-4,7-8H,5-6H2,1-2H3;1-2H3. The van der Waals surface area contributed by atoms with E-state index in [4.69, 9.17) is 0 Å². The lowest BCUT2D eigenvalue weighted by molar-refractivity contribution is 0.546. The molecule has 0 N–H and O–H groups in total. The van der Waals surface area contributed by atoms with Gasteiger partial charge in [-0.1, -0.05) is 39.8 Å². The van der Waals surface area contributed by atoms with Gasteiger partial charge >= 0.3 is 0 Å². The van der Waals surface area contributed by atoms with E-state index in [0.717, 1.165) is 13.0 Å². The van der Waals surface area contributed by atoms with E-state index in [2.05, 4.69) is 36.0 Å². The molecular formula is C11H20N2. The molecule has 1 heterocycles. The van der Waals surface area contributed by atoms with Crippen molar-refractivity contribution in [2.45, 2.75) is 34.1 Å². The Morgan fingerprint density at radius 1 is 1.15 bits per heavy atom. The largest absolute Gasteiger partial charge is 0.269 e. The molecule has 0 bridgehead atoms. The van der Waals surface area contributed by atoms with E-state index in [1.54, 1.807) is 6.34 Å². The molecule has 0 saturated heterocycles. The Bertz CT molecular complexity index is 200. The predicted molar refractivity (Wildman–Crippen MR) is 60.7 cm³/mol. The Kier molecular flexibility index (Phi) is 6.11. The van der Waals surface area contributed by atoms with Gasteiger partial charge in [-0.25, -0.2) is 4.99 Å². The zero-order chi connectivity index (χ0) is 10.2. The molecule has 0 amide bonds. The Balaban J connectivity index is 0.000000671. The molecule has 0 atom stereocenters. The summed E-state index contributed by atoms with van der Waals surface area (Å²) in [6.45, 7) is 9.09. The van der Waals surface area contributed by atoms with Crippen LogP contribution in [-0.2, 0) is 0 Å². The molecule has 0 aliphatic carbocycles. The van der Waals surface area contributed by atoms with Crippen LogP contribution in [0, 0.1) is 5.41 Å². The average Bonchev–Trinajstić information content (AvgIpc) is 2.20. The van der Waals surface area contributed by atoms with Crippen LogP contribution >= 0.6 is 0 Å². The highest BCUT2D eigenvalue weighted by molar-refractivity contribution is 5.76. The van der Waals surface area contributed by atoms with Crippen LogP contribution in [0.25, 0.3) is 0 Å². The van der Waals surface area contributed by atoms with Crippen LogP contribution < -0.4 is 0 Å². The number of hydrogen-bond acceptors (Lipinski definition) is 2. The van der Waals surface area contributed by atoms with Gasteiger partial charge in [-0.3, -0.25) is 4.99 Å². The summed E-state index contributed by atoms with van der Waals surface area (Å²) in [6, 6.07) is 0. The predicted octanol–water partition coefficient (Wildman–Crippen LogP) is 3.10. The highest BCUT2D eigenvalue weighted by atomic mass is 14.8. The zero-order valence-electron chi connectivity index (χ0n) is 9.12. The Morgan fingerprint density at radius 3 is 2.54 bits per heavy atom. The summed E-state index contributed by atoms with van der Waals surface area (Å²) in [7, 11) is 0. The van der Waals surface area contributed by atoms with Gasteiger partial charge in [0.25, 0.3) is 0 Å². The summed E-state index contributed by atoms with van der Waals surface area (Å²) in [5.41, 5.74) is 0.173. The third-order valence-electron chi connectivity index (χ3n) is 1.59. The van der Waals surface area contributed by atoms with E-state index in [0.29, 0.717) is 0 Å². The van der Waals surface area contributed by atoms with Crippen LogP contribution in [0.5, 0.6) is 0 Å². The van der Waals surface area contributed by atoms with Crippen molar-refractivity contribution in [3.8, 4) is 0 Å². The van der Waals surface area contributed by atoms with E-state index >= 15 is 0 Å². The lowest BCUT2D eigenvalue weighted by Crippen LogP contribution is -2.11. The molecule has 0 fully saturated rings. The van der Waals surface area contributed by atoms with Crippen molar-refractivity contribution in [1.29, 1.82) is 0 Å². The fraction of sp³-hybridized carbons (Fsp3) is 0.636. The normalized spacial score (nSPS) is 19.4. The summed E-state index contributed by atoms with van der Waals surface area (Å²) in [6.07, 6.45) is 8.85. The molecule has 2 nitrogen and oxygen atoms in total. The van der Waals surface area contributed by atoms with E-state index in [1.165, 1.54) is 0 Å². The van der Waals surface area contributed by atoms with Crippen molar-refractivity contribution in [1.82, 2.24) is 0 Å². The van der Waals surface area contributed by atoms with Crippen LogP contribution in [0.1, 0.15) is 34.1 Å². The van der Waals surface area contributed by atoms with E-state index in [1.807, 2.05) is 20.1 Å². The maximum atomic E-state index is 4.09. The van der Waals surface area contributed by atoms with Crippen molar-refractivity contribution >= 4 is 12.6 Å². The first-order chi connectivity index (χ1) is 6.21. The van der Waals surface area contributed by atoms with Gasteiger partial charge in [-0.05, 0) is 6.42 Å². The van der Waals surface area contributed by atoms with Crippen molar-refractivity contribution in [2.24, 2.45) is 15.4 Å². The lowest BCUT2D eigenvalue weighted by atomic mass is 9.91. The maximum absolute atomic E-state index is 4.09. The lowest BCUT2D eigenvalue weighted by Gasteiger charge is -2.15. The Hall–Kier alpha value is -0.920. The summed E-state index contributed by atoms with van der Waals surface area (Å²) in [5, 5.41) is 0. The molecule has 0 aromatic heterocycles. The monoisotopic (exact) mass is 180 g/mol. The first-order valence-corrected chi connectivity index (χ1v) is 4.88. The molecule has 0 spiro atoms. The van der Waals surface area contributed by atoms with E-state index in [9.17, 15) is 0 Å². The number of aliphatic imine (C=N–C) groups is 2. The van der Waals surface area contributed by atoms with Gasteiger partial charge in [0.15, 0.2) is 0 Å². The summed E-state index contributed by atoms with van der Waals surface area (Å²) < 4.78 is 0. The molecule has 0 radical (unpaired) electrons. The van der Waals surface area contributed by atoms with Crippen LogP contribution in [0.3, 0.4) is 0 Å². The van der Waals surface area contributed by atoms with Gasteiger partial charge in [0.05, 0.1) is 6.54 Å². The first-order valence-electron chi connectivity index (χ1n) is 4.88. The molecular weight excluding hydrogens is 160 g/mol. The molecule has 74 valence electrons. The number of nitrogens with zero attached hydrogens (tertiary/aromatic N) is 2. The summed E-state index contributed by atoms with van der Waals surface area (Å²) in [5.74, 6) is 0. The van der Waals surface area contributed by atoms with E-state index in [-0.39, 0.29) is 5.41 Å². The molecule has 2 heteroatoms. The number of hydrogen-bond donors (Lipinski definition) is 0. The van der Waals surface area contributed by atoms with Crippen LogP contribution in [0.2, 0.25) is 0 Å². The average molecular weight is 180 g/mol. The van der Waals surface area contributed by atoms with Crippen LogP contribution in [0.15, 0.2) is 22.1 Å². The molecule has 0 unspecified atom stereocenters. The molecule has 0 aromatic rings. The van der Waals surface area contributed by atoms with Crippen molar-refractivity contribution in [3.05, 3.63) is 12.2 Å². The van der Waals surface area contributed by atoms with Crippen molar-refractivity contribution in [2.75, 3.05) is 6.54 Å².